The quantitative estimate of drug-likeness (QED) is 0.0243. The third kappa shape index (κ3) is 50.3. The average molecular weight is 950 g/mol. The SMILES string of the molecule is CCCCCCCC/C=C\CCCCCCCC(=O)NC(COP(=O)(O)OCC[N+](C)(C)C)C(O)/C=C/CC/C=C/CC/C=C/CCCCCCCCCCCCCCCCCCCCC. The van der Waals surface area contributed by atoms with Crippen LogP contribution in [0.4, 0.5) is 0 Å². The molecule has 0 spiro atoms. The van der Waals surface area contributed by atoms with Gasteiger partial charge in [0.1, 0.15) is 13.2 Å². The van der Waals surface area contributed by atoms with E-state index >= 15 is 0 Å². The molecular formula is C57H110N2O6P+. The van der Waals surface area contributed by atoms with Gasteiger partial charge in [-0.25, -0.2) is 4.57 Å². The number of carbonyl (C=O) groups excluding carboxylic acids is 1. The number of hydrogen-bond acceptors (Lipinski definition) is 5. The molecule has 8 nitrogen and oxygen atoms in total. The van der Waals surface area contributed by atoms with Crippen LogP contribution in [0.2, 0.25) is 0 Å². The number of quaternary nitrogens is 1. The molecule has 0 aliphatic rings. The first-order valence-corrected chi connectivity index (χ1v) is 29.5. The van der Waals surface area contributed by atoms with Crippen LogP contribution in [-0.2, 0) is 18.4 Å². The highest BCUT2D eigenvalue weighted by molar-refractivity contribution is 7.47. The Morgan fingerprint density at radius 3 is 1.21 bits per heavy atom. The van der Waals surface area contributed by atoms with E-state index in [4.69, 9.17) is 9.05 Å². The molecule has 0 aromatic rings. The Bertz CT molecular complexity index is 1210. The van der Waals surface area contributed by atoms with Gasteiger partial charge in [0.15, 0.2) is 0 Å². The Kier molecular flexibility index (Phi) is 47.4. The van der Waals surface area contributed by atoms with Gasteiger partial charge in [-0.1, -0.05) is 229 Å². The van der Waals surface area contributed by atoms with Crippen molar-refractivity contribution in [3.8, 4) is 0 Å². The van der Waals surface area contributed by atoms with Crippen LogP contribution < -0.4 is 5.32 Å². The van der Waals surface area contributed by atoms with E-state index in [2.05, 4.69) is 55.6 Å². The maximum absolute atomic E-state index is 12.9. The summed E-state index contributed by atoms with van der Waals surface area (Å²) in [4.78, 5) is 23.2. The van der Waals surface area contributed by atoms with Gasteiger partial charge < -0.3 is 19.8 Å². The summed E-state index contributed by atoms with van der Waals surface area (Å²) in [5, 5.41) is 13.9. The van der Waals surface area contributed by atoms with Crippen molar-refractivity contribution in [2.75, 3.05) is 40.9 Å². The van der Waals surface area contributed by atoms with Gasteiger partial charge in [0.25, 0.3) is 0 Å². The Morgan fingerprint density at radius 1 is 0.500 bits per heavy atom. The molecule has 3 N–H and O–H groups in total. The standard InChI is InChI=1S/C57H109N2O6P/c1-6-8-10-12-14-16-18-20-22-23-24-25-26-27-28-29-30-31-32-33-34-35-37-38-40-42-44-46-48-50-56(60)55(54-65-66(62,63)64-53-52-59(3,4)5)58-57(61)51-49-47-45-43-41-39-36-21-19-17-15-13-11-9-7-2/h21,34-36,40,42,48,50,55-56,60H,6-20,22-33,37-39,41,43-47,49,51-54H2,1-5H3,(H-,58,61,62,63)/p+1/b35-34+,36-21-,42-40+,50-48+. The molecule has 0 saturated heterocycles. The van der Waals surface area contributed by atoms with E-state index in [1.165, 1.54) is 180 Å². The topological polar surface area (TPSA) is 105 Å². The number of rotatable bonds is 51. The molecule has 3 unspecified atom stereocenters. The van der Waals surface area contributed by atoms with Crippen molar-refractivity contribution < 1.29 is 32.9 Å². The Hall–Kier alpha value is -1.54. The molecule has 0 fully saturated rings. The summed E-state index contributed by atoms with van der Waals surface area (Å²) in [5.74, 6) is -0.199. The van der Waals surface area contributed by atoms with Crippen LogP contribution in [0, 0.1) is 0 Å². The fourth-order valence-electron chi connectivity index (χ4n) is 8.07. The summed E-state index contributed by atoms with van der Waals surface area (Å²) in [6.45, 7) is 4.79. The van der Waals surface area contributed by atoms with Crippen LogP contribution in [0.1, 0.15) is 258 Å². The highest BCUT2D eigenvalue weighted by atomic mass is 31.2. The van der Waals surface area contributed by atoms with Crippen molar-refractivity contribution in [3.63, 3.8) is 0 Å². The highest BCUT2D eigenvalue weighted by Crippen LogP contribution is 2.43. The summed E-state index contributed by atoms with van der Waals surface area (Å²) >= 11 is 0. The molecule has 9 heteroatoms. The van der Waals surface area contributed by atoms with Crippen molar-refractivity contribution in [3.05, 3.63) is 48.6 Å². The molecule has 0 aliphatic carbocycles. The van der Waals surface area contributed by atoms with Gasteiger partial charge in [0.2, 0.25) is 5.91 Å². The second kappa shape index (κ2) is 48.5. The van der Waals surface area contributed by atoms with E-state index in [1.54, 1.807) is 6.08 Å². The number of phosphoric ester groups is 1. The Labute approximate surface area is 409 Å². The lowest BCUT2D eigenvalue weighted by Crippen LogP contribution is -2.45. The molecule has 0 aromatic heterocycles. The molecule has 0 aromatic carbocycles. The lowest BCUT2D eigenvalue weighted by Gasteiger charge is -2.25. The highest BCUT2D eigenvalue weighted by Gasteiger charge is 2.27. The van der Waals surface area contributed by atoms with Crippen LogP contribution in [-0.4, -0.2) is 73.4 Å². The number of aliphatic hydroxyl groups is 1. The van der Waals surface area contributed by atoms with Crippen molar-refractivity contribution in [2.24, 2.45) is 0 Å². The largest absolute Gasteiger partial charge is 0.472 e. The molecular weight excluding hydrogens is 840 g/mol. The zero-order chi connectivity index (χ0) is 48.5. The number of carbonyl (C=O) groups is 1. The van der Waals surface area contributed by atoms with E-state index in [-0.39, 0.29) is 19.1 Å². The molecule has 0 heterocycles. The maximum Gasteiger partial charge on any atom is 0.472 e. The van der Waals surface area contributed by atoms with E-state index in [1.807, 2.05) is 27.2 Å². The summed E-state index contributed by atoms with van der Waals surface area (Å²) < 4.78 is 23.6. The van der Waals surface area contributed by atoms with Crippen LogP contribution in [0.5, 0.6) is 0 Å². The van der Waals surface area contributed by atoms with Crippen molar-refractivity contribution in [1.82, 2.24) is 5.32 Å². The lowest BCUT2D eigenvalue weighted by molar-refractivity contribution is -0.870. The number of hydrogen-bond donors (Lipinski definition) is 3. The summed E-state index contributed by atoms with van der Waals surface area (Å²) in [5.41, 5.74) is 0. The zero-order valence-corrected chi connectivity index (χ0v) is 45.1. The number of allylic oxidation sites excluding steroid dienone is 7. The third-order valence-electron chi connectivity index (χ3n) is 12.5. The number of phosphoric acid groups is 1. The smallest absolute Gasteiger partial charge is 0.387 e. The van der Waals surface area contributed by atoms with Crippen LogP contribution in [0.25, 0.3) is 0 Å². The molecule has 388 valence electrons. The van der Waals surface area contributed by atoms with E-state index in [0.29, 0.717) is 17.4 Å². The number of amides is 1. The van der Waals surface area contributed by atoms with Gasteiger partial charge in [-0.2, -0.15) is 0 Å². The van der Waals surface area contributed by atoms with Crippen LogP contribution in [0.3, 0.4) is 0 Å². The van der Waals surface area contributed by atoms with E-state index in [0.717, 1.165) is 57.8 Å². The minimum Gasteiger partial charge on any atom is -0.387 e. The normalized spacial score (nSPS) is 14.3. The number of aliphatic hydroxyl groups excluding tert-OH is 1. The molecule has 0 rings (SSSR count). The van der Waals surface area contributed by atoms with Crippen LogP contribution in [0.15, 0.2) is 48.6 Å². The molecule has 1 amide bonds. The molecule has 0 bridgehead atoms. The molecule has 66 heavy (non-hydrogen) atoms. The lowest BCUT2D eigenvalue weighted by atomic mass is 10.0. The van der Waals surface area contributed by atoms with E-state index in [9.17, 15) is 19.4 Å². The van der Waals surface area contributed by atoms with Gasteiger partial charge in [0.05, 0.1) is 39.9 Å². The fraction of sp³-hybridized carbons (Fsp3) is 0.842. The van der Waals surface area contributed by atoms with Crippen molar-refractivity contribution >= 4 is 13.7 Å². The molecule has 0 saturated carbocycles. The second-order valence-corrected chi connectivity index (χ2v) is 21.7. The van der Waals surface area contributed by atoms with E-state index < -0.39 is 20.0 Å². The first kappa shape index (κ1) is 64.5. The predicted molar refractivity (Wildman–Crippen MR) is 286 cm³/mol. The monoisotopic (exact) mass is 950 g/mol. The Morgan fingerprint density at radius 2 is 0.833 bits per heavy atom. The maximum atomic E-state index is 12.9. The van der Waals surface area contributed by atoms with Gasteiger partial charge in [0, 0.05) is 6.42 Å². The molecule has 0 radical (unpaired) electrons. The molecule has 0 aliphatic heterocycles. The van der Waals surface area contributed by atoms with Gasteiger partial charge >= 0.3 is 7.82 Å². The summed E-state index contributed by atoms with van der Waals surface area (Å²) in [6.07, 6.45) is 63.7. The number of nitrogens with zero attached hydrogens (tertiary/aromatic N) is 1. The number of likely N-dealkylation sites (N-methyl/N-ethyl adjacent to an activating group) is 1. The summed E-state index contributed by atoms with van der Waals surface area (Å²) in [7, 11) is 1.54. The van der Waals surface area contributed by atoms with Gasteiger partial charge in [-0.15, -0.1) is 0 Å². The third-order valence-corrected chi connectivity index (χ3v) is 13.5. The minimum absolute atomic E-state index is 0.0513. The van der Waals surface area contributed by atoms with Crippen molar-refractivity contribution in [2.45, 2.75) is 270 Å². The molecule has 3 atom stereocenters. The fourth-order valence-corrected chi connectivity index (χ4v) is 8.81. The van der Waals surface area contributed by atoms with Gasteiger partial charge in [-0.05, 0) is 70.6 Å². The summed E-state index contributed by atoms with van der Waals surface area (Å²) in [6, 6.07) is -0.875. The van der Waals surface area contributed by atoms with Crippen molar-refractivity contribution in [1.29, 1.82) is 0 Å². The number of nitrogens with one attached hydrogen (secondary N) is 1. The minimum atomic E-state index is -4.36. The average Bonchev–Trinajstić information content (AvgIpc) is 3.28. The number of unbranched alkanes of at least 4 members (excludes halogenated alkanes) is 32. The van der Waals surface area contributed by atoms with Gasteiger partial charge in [-0.3, -0.25) is 13.8 Å². The first-order valence-electron chi connectivity index (χ1n) is 28.0. The predicted octanol–water partition coefficient (Wildman–Crippen LogP) is 16.8. The zero-order valence-electron chi connectivity index (χ0n) is 44.2. The van der Waals surface area contributed by atoms with Crippen LogP contribution >= 0.6 is 7.82 Å². The second-order valence-electron chi connectivity index (χ2n) is 20.3. The Balaban J connectivity index is 4.25. The first-order chi connectivity index (χ1) is 32.0.